The van der Waals surface area contributed by atoms with Gasteiger partial charge in [-0.1, -0.05) is 23.7 Å². The van der Waals surface area contributed by atoms with E-state index in [-0.39, 0.29) is 17.8 Å². The fourth-order valence-corrected chi connectivity index (χ4v) is 3.35. The molecule has 0 radical (unpaired) electrons. The van der Waals surface area contributed by atoms with Gasteiger partial charge >= 0.3 is 0 Å². The molecule has 0 spiro atoms. The number of benzene rings is 2. The van der Waals surface area contributed by atoms with Crippen LogP contribution in [0.15, 0.2) is 42.5 Å². The second-order valence-corrected chi connectivity index (χ2v) is 6.71. The topological polar surface area (TPSA) is 50.8 Å². The van der Waals surface area contributed by atoms with Gasteiger partial charge < -0.3 is 14.8 Å². The molecule has 144 valence electrons. The van der Waals surface area contributed by atoms with Gasteiger partial charge in [-0.3, -0.25) is 9.69 Å². The average molecular weight is 393 g/mol. The summed E-state index contributed by atoms with van der Waals surface area (Å²) in [6.07, 6.45) is 0. The number of carbonyl (C=O) groups excluding carboxylic acids is 1. The Morgan fingerprint density at radius 2 is 1.96 bits per heavy atom. The minimum atomic E-state index is -0.285. The second-order valence-electron chi connectivity index (χ2n) is 6.27. The molecule has 1 atom stereocenters. The smallest absolute Gasteiger partial charge is 0.255 e. The first-order chi connectivity index (χ1) is 13.1. The number of carbonyl (C=O) groups is 1. The maximum Gasteiger partial charge on any atom is 0.255 e. The van der Waals surface area contributed by atoms with Crippen molar-refractivity contribution in [1.82, 2.24) is 10.2 Å². The van der Waals surface area contributed by atoms with Crippen LogP contribution in [0.3, 0.4) is 0 Å². The largest absolute Gasteiger partial charge is 0.496 e. The summed E-state index contributed by atoms with van der Waals surface area (Å²) in [5.41, 5.74) is 1.32. The van der Waals surface area contributed by atoms with Gasteiger partial charge in [0, 0.05) is 24.7 Å². The molecule has 1 saturated heterocycles. The van der Waals surface area contributed by atoms with Crippen molar-refractivity contribution in [3.05, 3.63) is 64.4 Å². The number of methoxy groups -OCH3 is 1. The molecule has 1 heterocycles. The van der Waals surface area contributed by atoms with Crippen LogP contribution in [0.4, 0.5) is 4.39 Å². The fourth-order valence-electron chi connectivity index (χ4n) is 3.17. The molecule has 7 heteroatoms. The molecule has 0 aliphatic carbocycles. The van der Waals surface area contributed by atoms with E-state index in [1.807, 2.05) is 0 Å². The van der Waals surface area contributed by atoms with E-state index >= 15 is 0 Å². The molecule has 1 amide bonds. The van der Waals surface area contributed by atoms with Gasteiger partial charge in [-0.2, -0.15) is 0 Å². The van der Waals surface area contributed by atoms with Gasteiger partial charge in [-0.25, -0.2) is 4.39 Å². The van der Waals surface area contributed by atoms with Crippen LogP contribution >= 0.6 is 11.6 Å². The van der Waals surface area contributed by atoms with Crippen LogP contribution in [0.25, 0.3) is 0 Å². The fraction of sp³-hybridized carbons (Fsp3) is 0.350. The Morgan fingerprint density at radius 3 is 2.63 bits per heavy atom. The van der Waals surface area contributed by atoms with Crippen LogP contribution < -0.4 is 10.1 Å². The molecule has 2 aromatic carbocycles. The Labute approximate surface area is 163 Å². The van der Waals surface area contributed by atoms with Gasteiger partial charge in [0.2, 0.25) is 0 Å². The molecular formula is C20H22ClFN2O3. The molecule has 3 rings (SSSR count). The molecule has 0 aromatic heterocycles. The SMILES string of the molecule is COc1ccc(Cl)cc1C(=O)NC[C@H](c1ccc(F)cc1)N1CCOCC1. The molecule has 27 heavy (non-hydrogen) atoms. The van der Waals surface area contributed by atoms with Crippen LogP contribution in [0.2, 0.25) is 5.02 Å². The summed E-state index contributed by atoms with van der Waals surface area (Å²) in [4.78, 5) is 14.9. The first-order valence-electron chi connectivity index (χ1n) is 8.77. The molecule has 5 nitrogen and oxygen atoms in total. The molecule has 0 unspecified atom stereocenters. The van der Waals surface area contributed by atoms with E-state index in [9.17, 15) is 9.18 Å². The van der Waals surface area contributed by atoms with E-state index in [4.69, 9.17) is 21.1 Å². The summed E-state index contributed by atoms with van der Waals surface area (Å²) < 4.78 is 24.0. The Bertz CT molecular complexity index is 779. The molecule has 1 fully saturated rings. The molecular weight excluding hydrogens is 371 g/mol. The van der Waals surface area contributed by atoms with Crippen molar-refractivity contribution < 1.29 is 18.7 Å². The summed E-state index contributed by atoms with van der Waals surface area (Å²) >= 11 is 6.02. The number of nitrogens with one attached hydrogen (secondary N) is 1. The van der Waals surface area contributed by atoms with Gasteiger partial charge in [0.25, 0.3) is 5.91 Å². The zero-order valence-corrected chi connectivity index (χ0v) is 15.8. The highest BCUT2D eigenvalue weighted by molar-refractivity contribution is 6.31. The van der Waals surface area contributed by atoms with E-state index in [2.05, 4.69) is 10.2 Å². The van der Waals surface area contributed by atoms with Crippen molar-refractivity contribution in [3.63, 3.8) is 0 Å². The van der Waals surface area contributed by atoms with Crippen LogP contribution in [-0.4, -0.2) is 50.8 Å². The van der Waals surface area contributed by atoms with Crippen molar-refractivity contribution in [2.75, 3.05) is 40.0 Å². The first-order valence-corrected chi connectivity index (χ1v) is 9.15. The lowest BCUT2D eigenvalue weighted by atomic mass is 10.0. The van der Waals surface area contributed by atoms with Crippen LogP contribution in [0.5, 0.6) is 5.75 Å². The third-order valence-corrected chi connectivity index (χ3v) is 4.84. The lowest BCUT2D eigenvalue weighted by Crippen LogP contribution is -2.43. The van der Waals surface area contributed by atoms with Gasteiger partial charge in [0.15, 0.2) is 0 Å². The third-order valence-electron chi connectivity index (χ3n) is 4.60. The minimum absolute atomic E-state index is 0.0800. The second kappa shape index (κ2) is 9.17. The summed E-state index contributed by atoms with van der Waals surface area (Å²) in [5.74, 6) is -0.0940. The van der Waals surface area contributed by atoms with Crippen molar-refractivity contribution in [3.8, 4) is 5.75 Å². The molecule has 2 aromatic rings. The molecule has 0 bridgehead atoms. The van der Waals surface area contributed by atoms with E-state index < -0.39 is 0 Å². The van der Waals surface area contributed by atoms with Crippen molar-refractivity contribution in [2.45, 2.75) is 6.04 Å². The van der Waals surface area contributed by atoms with Crippen molar-refractivity contribution in [1.29, 1.82) is 0 Å². The molecule has 1 N–H and O–H groups in total. The van der Waals surface area contributed by atoms with Crippen molar-refractivity contribution >= 4 is 17.5 Å². The van der Waals surface area contributed by atoms with E-state index in [1.54, 1.807) is 30.3 Å². The Hall–Kier alpha value is -2.15. The van der Waals surface area contributed by atoms with Gasteiger partial charge in [-0.05, 0) is 35.9 Å². The Kier molecular flexibility index (Phi) is 6.66. The van der Waals surface area contributed by atoms with Crippen LogP contribution in [-0.2, 0) is 4.74 Å². The summed E-state index contributed by atoms with van der Waals surface area (Å²) in [6.45, 7) is 3.14. The number of hydrogen-bond acceptors (Lipinski definition) is 4. The number of amides is 1. The maximum absolute atomic E-state index is 13.3. The monoisotopic (exact) mass is 392 g/mol. The zero-order valence-electron chi connectivity index (χ0n) is 15.1. The number of halogens is 2. The van der Waals surface area contributed by atoms with Crippen LogP contribution in [0, 0.1) is 5.82 Å². The molecule has 1 aliphatic rings. The Morgan fingerprint density at radius 1 is 1.26 bits per heavy atom. The van der Waals surface area contributed by atoms with Crippen molar-refractivity contribution in [2.24, 2.45) is 0 Å². The number of morpholine rings is 1. The number of nitrogens with zero attached hydrogens (tertiary/aromatic N) is 1. The predicted octanol–water partition coefficient (Wildman–Crippen LogP) is 3.29. The van der Waals surface area contributed by atoms with E-state index in [0.717, 1.165) is 18.7 Å². The third kappa shape index (κ3) is 4.97. The highest BCUT2D eigenvalue weighted by Gasteiger charge is 2.24. The van der Waals surface area contributed by atoms with E-state index in [1.165, 1.54) is 19.2 Å². The van der Waals surface area contributed by atoms with Gasteiger partial charge in [-0.15, -0.1) is 0 Å². The minimum Gasteiger partial charge on any atom is -0.496 e. The highest BCUT2D eigenvalue weighted by atomic mass is 35.5. The first kappa shape index (κ1) is 19.6. The number of rotatable bonds is 6. The Balaban J connectivity index is 1.77. The summed E-state index contributed by atoms with van der Waals surface area (Å²) in [5, 5.41) is 3.42. The zero-order chi connectivity index (χ0) is 19.2. The average Bonchev–Trinajstić information content (AvgIpc) is 2.70. The summed E-state index contributed by atoms with van der Waals surface area (Å²) in [6, 6.07) is 11.2. The normalized spacial score (nSPS) is 16.0. The predicted molar refractivity (Wildman–Crippen MR) is 102 cm³/mol. The maximum atomic E-state index is 13.3. The lowest BCUT2D eigenvalue weighted by Gasteiger charge is -2.35. The lowest BCUT2D eigenvalue weighted by molar-refractivity contribution is 0.0162. The molecule has 0 saturated carbocycles. The van der Waals surface area contributed by atoms with Gasteiger partial charge in [0.05, 0.1) is 31.9 Å². The quantitative estimate of drug-likeness (QED) is 0.819. The molecule has 1 aliphatic heterocycles. The van der Waals surface area contributed by atoms with E-state index in [0.29, 0.717) is 36.1 Å². The number of hydrogen-bond donors (Lipinski definition) is 1. The summed E-state index contributed by atoms with van der Waals surface area (Å²) in [7, 11) is 1.51. The van der Waals surface area contributed by atoms with Crippen LogP contribution in [0.1, 0.15) is 22.0 Å². The standard InChI is InChI=1S/C20H22ClFN2O3/c1-26-19-7-4-15(21)12-17(19)20(25)23-13-18(24-8-10-27-11-9-24)14-2-5-16(22)6-3-14/h2-7,12,18H,8-11,13H2,1H3,(H,23,25)/t18-/m1/s1. The van der Waals surface area contributed by atoms with Gasteiger partial charge in [0.1, 0.15) is 11.6 Å². The number of ether oxygens (including phenoxy) is 2. The highest BCUT2D eigenvalue weighted by Crippen LogP contribution is 2.24.